The van der Waals surface area contributed by atoms with E-state index in [4.69, 9.17) is 25.7 Å². The molecule has 17 atom stereocenters. The van der Waals surface area contributed by atoms with Gasteiger partial charge in [-0.3, -0.25) is 4.79 Å². The predicted molar refractivity (Wildman–Crippen MR) is 204 cm³/mol. The highest BCUT2D eigenvalue weighted by Gasteiger charge is 2.66. The van der Waals surface area contributed by atoms with Crippen molar-refractivity contribution in [1.29, 1.82) is 0 Å². The molecule has 0 amide bonds. The van der Waals surface area contributed by atoms with Gasteiger partial charge in [-0.15, -0.1) is 0 Å². The van der Waals surface area contributed by atoms with E-state index in [0.717, 1.165) is 70.9 Å². The Morgan fingerprint density at radius 2 is 1.89 bits per heavy atom. The SMILES string of the molecule is CC=C(C)C(=O)O[C@@H]1CC2C(O)C3C(=O)CC(CO)OC3C3CC4CCNC(N)C4C4=CCC5=C4[C@H]([C@@H](CCCCC)C4CNC(N)CC4C5)[C@@]1(C)OC23. The fourth-order valence-corrected chi connectivity index (χ4v) is 13.0. The summed E-state index contributed by atoms with van der Waals surface area (Å²) in [6.07, 6.45) is 9.89. The van der Waals surface area contributed by atoms with Crippen LogP contribution in [0.3, 0.4) is 0 Å². The van der Waals surface area contributed by atoms with Crippen LogP contribution in [0.5, 0.6) is 0 Å². The first-order valence-electron chi connectivity index (χ1n) is 21.4. The summed E-state index contributed by atoms with van der Waals surface area (Å²) in [6, 6.07) is 0. The van der Waals surface area contributed by atoms with Crippen molar-refractivity contribution in [1.82, 2.24) is 10.6 Å². The molecule has 2 bridgehead atoms. The van der Waals surface area contributed by atoms with E-state index in [0.29, 0.717) is 23.8 Å². The number of fused-ring (bicyclic) bond motifs is 7. The third-order valence-electron chi connectivity index (χ3n) is 15.6. The molecule has 0 aromatic heterocycles. The minimum atomic E-state index is -1.02. The maximum Gasteiger partial charge on any atom is 0.333 e. The summed E-state index contributed by atoms with van der Waals surface area (Å²) in [4.78, 5) is 27.8. The molecule has 0 radical (unpaired) electrons. The van der Waals surface area contributed by atoms with Crippen LogP contribution in [0.1, 0.15) is 98.3 Å². The molecule has 3 aliphatic carbocycles. The average Bonchev–Trinajstić information content (AvgIpc) is 3.48. The second-order valence-corrected chi connectivity index (χ2v) is 18.5. The number of carbonyl (C=O) groups is 2. The Labute approximate surface area is 321 Å². The molecule has 8 aliphatic rings. The Balaban J connectivity index is 1.34. The van der Waals surface area contributed by atoms with E-state index in [2.05, 4.69) is 30.6 Å². The van der Waals surface area contributed by atoms with E-state index in [1.165, 1.54) is 16.7 Å². The summed E-state index contributed by atoms with van der Waals surface area (Å²) in [6.45, 7) is 9.47. The molecule has 1 saturated carbocycles. The third-order valence-corrected chi connectivity index (χ3v) is 15.6. The zero-order chi connectivity index (χ0) is 38.1. The van der Waals surface area contributed by atoms with Crippen LogP contribution in [0.25, 0.3) is 0 Å². The minimum Gasteiger partial charge on any atom is -0.456 e. The lowest BCUT2D eigenvalue weighted by Gasteiger charge is -2.61. The standard InChI is InChI=1S/C43H66N4O7/c1-5-7-8-9-26-30-19-47-33(44)16-24(30)14-22-10-11-27-34(22)37(26)43(4)32(53-42(51)21(3)6-2)18-28-38(50)36-31(49)17-25(20-48)52-40(36)29(39(28)54-43)15-23-12-13-46-41(45)35(23)27/h6,11,23-26,28-30,32-33,35-41,46-48,50H,5,7-10,12-20,44-45H2,1-4H3/t23?,24?,25?,26-,28?,29?,30?,32+,33?,35?,36?,37-,38?,39?,40?,41?,43-/m0/s1. The van der Waals surface area contributed by atoms with Gasteiger partial charge in [0, 0.05) is 35.7 Å². The number of unbranched alkanes of at least 4 members (excludes halogenated alkanes) is 2. The molecule has 0 spiro atoms. The zero-order valence-corrected chi connectivity index (χ0v) is 32.9. The second kappa shape index (κ2) is 15.4. The smallest absolute Gasteiger partial charge is 0.333 e. The number of aliphatic hydroxyl groups excluding tert-OH is 2. The fourth-order valence-electron chi connectivity index (χ4n) is 13.0. The number of piperidine rings is 2. The van der Waals surface area contributed by atoms with Gasteiger partial charge in [0.2, 0.25) is 0 Å². The number of aliphatic hydroxyl groups is 2. The largest absolute Gasteiger partial charge is 0.456 e. The van der Waals surface area contributed by atoms with Crippen LogP contribution in [0.4, 0.5) is 0 Å². The molecule has 5 saturated heterocycles. The Hall–Kier alpha value is -1.96. The molecule has 300 valence electrons. The lowest BCUT2D eigenvalue weighted by Crippen LogP contribution is -2.70. The van der Waals surface area contributed by atoms with Gasteiger partial charge >= 0.3 is 5.97 Å². The molecule has 8 N–H and O–H groups in total. The van der Waals surface area contributed by atoms with Crippen LogP contribution in [-0.4, -0.2) is 90.1 Å². The van der Waals surface area contributed by atoms with Crippen molar-refractivity contribution in [3.05, 3.63) is 34.4 Å². The van der Waals surface area contributed by atoms with E-state index >= 15 is 0 Å². The number of ether oxygens (including phenoxy) is 3. The highest BCUT2D eigenvalue weighted by molar-refractivity contribution is 5.88. The monoisotopic (exact) mass is 750 g/mol. The van der Waals surface area contributed by atoms with Crippen LogP contribution in [0.2, 0.25) is 0 Å². The molecule has 11 heteroatoms. The average molecular weight is 751 g/mol. The number of hydrogen-bond acceptors (Lipinski definition) is 11. The normalized spacial score (nSPS) is 47.4. The van der Waals surface area contributed by atoms with Gasteiger partial charge in [0.05, 0.1) is 49.3 Å². The first-order chi connectivity index (χ1) is 26.0. The molecular formula is C43H66N4O7. The number of rotatable bonds is 7. The van der Waals surface area contributed by atoms with E-state index in [1.807, 2.05) is 6.92 Å². The maximum absolute atomic E-state index is 13.9. The van der Waals surface area contributed by atoms with Gasteiger partial charge in [-0.05, 0) is 114 Å². The van der Waals surface area contributed by atoms with Crippen molar-refractivity contribution in [2.75, 3.05) is 19.7 Å². The number of ketones is 1. The molecule has 6 fully saturated rings. The minimum absolute atomic E-state index is 0.0379. The molecule has 11 nitrogen and oxygen atoms in total. The molecule has 0 aromatic carbocycles. The molecule has 8 rings (SSSR count). The van der Waals surface area contributed by atoms with E-state index in [9.17, 15) is 19.8 Å². The summed E-state index contributed by atoms with van der Waals surface area (Å²) in [5.74, 6) is -0.695. The van der Waals surface area contributed by atoms with Crippen molar-refractivity contribution >= 4 is 11.8 Å². The van der Waals surface area contributed by atoms with Crippen LogP contribution in [-0.2, 0) is 23.8 Å². The molecular weight excluding hydrogens is 684 g/mol. The Morgan fingerprint density at radius 1 is 1.07 bits per heavy atom. The van der Waals surface area contributed by atoms with Gasteiger partial charge in [-0.2, -0.15) is 0 Å². The zero-order valence-electron chi connectivity index (χ0n) is 32.9. The van der Waals surface area contributed by atoms with Gasteiger partial charge in [0.25, 0.3) is 0 Å². The summed E-state index contributed by atoms with van der Waals surface area (Å²) < 4.78 is 21.1. The quantitative estimate of drug-likeness (QED) is 0.127. The Morgan fingerprint density at radius 3 is 2.65 bits per heavy atom. The van der Waals surface area contributed by atoms with E-state index < -0.39 is 48.0 Å². The summed E-state index contributed by atoms with van der Waals surface area (Å²) in [5.41, 5.74) is 17.6. The molecule has 54 heavy (non-hydrogen) atoms. The van der Waals surface area contributed by atoms with Crippen molar-refractivity contribution < 1.29 is 34.0 Å². The second-order valence-electron chi connectivity index (χ2n) is 18.5. The highest BCUT2D eigenvalue weighted by atomic mass is 16.6. The van der Waals surface area contributed by atoms with Crippen molar-refractivity contribution in [3.63, 3.8) is 0 Å². The van der Waals surface area contributed by atoms with Gasteiger partial charge in [-0.1, -0.05) is 43.9 Å². The molecule has 0 aromatic rings. The number of hydrogen-bond donors (Lipinski definition) is 6. The van der Waals surface area contributed by atoms with Crippen LogP contribution in [0, 0.1) is 53.3 Å². The number of esters is 1. The van der Waals surface area contributed by atoms with Gasteiger partial charge in [0.1, 0.15) is 17.5 Å². The lowest BCUT2D eigenvalue weighted by atomic mass is 9.55. The number of nitrogens with one attached hydrogen (secondary N) is 2. The molecule has 5 heterocycles. The molecule has 13 unspecified atom stereocenters. The van der Waals surface area contributed by atoms with E-state index in [1.54, 1.807) is 13.0 Å². The summed E-state index contributed by atoms with van der Waals surface area (Å²) in [7, 11) is 0. The topological polar surface area (TPSA) is 178 Å². The van der Waals surface area contributed by atoms with Crippen LogP contribution >= 0.6 is 0 Å². The highest BCUT2D eigenvalue weighted by Crippen LogP contribution is 2.62. The Kier molecular flexibility index (Phi) is 11.1. The van der Waals surface area contributed by atoms with Crippen molar-refractivity contribution in [2.45, 2.75) is 147 Å². The van der Waals surface area contributed by atoms with Crippen molar-refractivity contribution in [2.24, 2.45) is 64.7 Å². The number of nitrogens with two attached hydrogens (primary N) is 2. The van der Waals surface area contributed by atoms with Crippen LogP contribution < -0.4 is 22.1 Å². The predicted octanol–water partition coefficient (Wildman–Crippen LogP) is 3.62. The first kappa shape index (κ1) is 38.9. The number of allylic oxidation sites excluding steroid dienone is 3. The van der Waals surface area contributed by atoms with Gasteiger partial charge in [-0.25, -0.2) is 4.79 Å². The lowest BCUT2D eigenvalue weighted by molar-refractivity contribution is -0.298. The number of carbonyl (C=O) groups excluding carboxylic acids is 2. The van der Waals surface area contributed by atoms with Gasteiger partial charge in [0.15, 0.2) is 0 Å². The first-order valence-corrected chi connectivity index (χ1v) is 21.4. The molecule has 5 aliphatic heterocycles. The van der Waals surface area contributed by atoms with Gasteiger partial charge < -0.3 is 46.5 Å². The summed E-state index contributed by atoms with van der Waals surface area (Å²) >= 11 is 0. The van der Waals surface area contributed by atoms with Crippen molar-refractivity contribution in [3.8, 4) is 0 Å². The number of Topliss-reactive ketones (excluding diaryl/α,β-unsaturated/α-hetero) is 1. The summed E-state index contributed by atoms with van der Waals surface area (Å²) in [5, 5.41) is 29.9. The maximum atomic E-state index is 13.9. The van der Waals surface area contributed by atoms with Crippen LogP contribution in [0.15, 0.2) is 34.4 Å². The fraction of sp³-hybridized carbons (Fsp3) is 0.814. The Bertz CT molecular complexity index is 1550. The third kappa shape index (κ3) is 6.50. The van der Waals surface area contributed by atoms with E-state index in [-0.39, 0.29) is 66.7 Å².